The normalized spacial score (nSPS) is 11.8. The third kappa shape index (κ3) is 5.83. The minimum atomic E-state index is 0.632. The van der Waals surface area contributed by atoms with E-state index in [4.69, 9.17) is 15.0 Å². The Morgan fingerprint density at radius 1 is 0.250 bits per heavy atom. The fourth-order valence-electron chi connectivity index (χ4n) is 9.69. The lowest BCUT2D eigenvalue weighted by Crippen LogP contribution is -2.00. The van der Waals surface area contributed by atoms with E-state index in [-0.39, 0.29) is 0 Å². The average molecular weight is 816 g/mol. The summed E-state index contributed by atoms with van der Waals surface area (Å²) in [5.41, 5.74) is 12.1. The number of rotatable bonds is 6. The van der Waals surface area contributed by atoms with Crippen molar-refractivity contribution < 1.29 is 0 Å². The minimum Gasteiger partial charge on any atom is -0.309 e. The highest BCUT2D eigenvalue weighted by Gasteiger charge is 2.20. The molecule has 0 aliphatic rings. The summed E-state index contributed by atoms with van der Waals surface area (Å²) in [7, 11) is 0. The van der Waals surface area contributed by atoms with Gasteiger partial charge in [-0.1, -0.05) is 170 Å². The zero-order valence-electron chi connectivity index (χ0n) is 34.6. The van der Waals surface area contributed by atoms with Gasteiger partial charge in [-0.3, -0.25) is 0 Å². The van der Waals surface area contributed by atoms with E-state index in [1.165, 1.54) is 48.9 Å². The van der Waals surface area contributed by atoms with Crippen LogP contribution in [-0.2, 0) is 0 Å². The summed E-state index contributed by atoms with van der Waals surface area (Å²) in [5, 5.41) is 9.66. The molecule has 0 saturated carbocycles. The summed E-state index contributed by atoms with van der Waals surface area (Å²) >= 11 is 0. The molecule has 13 aromatic rings. The molecular weight excluding hydrogens is 779 g/mol. The van der Waals surface area contributed by atoms with Crippen LogP contribution >= 0.6 is 0 Å². The van der Waals surface area contributed by atoms with Gasteiger partial charge in [-0.25, -0.2) is 15.0 Å². The smallest absolute Gasteiger partial charge is 0.164 e. The molecular formula is C59H37N5. The van der Waals surface area contributed by atoms with Gasteiger partial charge in [-0.2, -0.15) is 0 Å². The highest BCUT2D eigenvalue weighted by Crippen LogP contribution is 2.42. The maximum atomic E-state index is 5.13. The topological polar surface area (TPSA) is 48.5 Å². The van der Waals surface area contributed by atoms with Gasteiger partial charge >= 0.3 is 0 Å². The Hall–Kier alpha value is -8.67. The van der Waals surface area contributed by atoms with Crippen molar-refractivity contribution in [2.75, 3.05) is 0 Å². The Bertz CT molecular complexity index is 3940. The van der Waals surface area contributed by atoms with Crippen LogP contribution in [0.3, 0.4) is 0 Å². The second-order valence-corrected chi connectivity index (χ2v) is 16.5. The van der Waals surface area contributed by atoms with Crippen molar-refractivity contribution in [2.45, 2.75) is 0 Å². The molecule has 0 radical (unpaired) electrons. The van der Waals surface area contributed by atoms with Crippen LogP contribution in [0, 0.1) is 0 Å². The largest absolute Gasteiger partial charge is 0.309 e. The van der Waals surface area contributed by atoms with Crippen molar-refractivity contribution in [3.63, 3.8) is 0 Å². The Morgan fingerprint density at radius 3 is 1.61 bits per heavy atom. The Morgan fingerprint density at radius 2 is 0.812 bits per heavy atom. The quantitative estimate of drug-likeness (QED) is 0.168. The number of nitrogens with zero attached hydrogens (tertiary/aromatic N) is 5. The van der Waals surface area contributed by atoms with E-state index in [2.05, 4.69) is 197 Å². The first-order chi connectivity index (χ1) is 31.7. The van der Waals surface area contributed by atoms with E-state index in [0.29, 0.717) is 17.5 Å². The number of hydrogen-bond acceptors (Lipinski definition) is 3. The molecule has 0 bridgehead atoms. The molecule has 13 rings (SSSR count). The van der Waals surface area contributed by atoms with Crippen molar-refractivity contribution in [3.05, 3.63) is 224 Å². The van der Waals surface area contributed by atoms with Crippen molar-refractivity contribution in [3.8, 4) is 56.7 Å². The van der Waals surface area contributed by atoms with Crippen LogP contribution in [0.4, 0.5) is 0 Å². The molecule has 0 spiro atoms. The molecule has 0 aliphatic heterocycles. The zero-order chi connectivity index (χ0) is 42.1. The Labute approximate surface area is 368 Å². The number of aromatic nitrogens is 5. The minimum absolute atomic E-state index is 0.632. The van der Waals surface area contributed by atoms with E-state index in [1.807, 2.05) is 36.4 Å². The number of hydrogen-bond donors (Lipinski definition) is 0. The van der Waals surface area contributed by atoms with E-state index in [1.54, 1.807) is 0 Å². The first-order valence-electron chi connectivity index (χ1n) is 21.7. The van der Waals surface area contributed by atoms with Crippen LogP contribution in [0.1, 0.15) is 0 Å². The lowest BCUT2D eigenvalue weighted by atomic mass is 10.0. The van der Waals surface area contributed by atoms with Gasteiger partial charge in [0.1, 0.15) is 0 Å². The SMILES string of the molecule is c1ccc(-c2cccc(-c3nc(-c4ccccc4)nc(-c4ccc5cc(-n6c7ccccc7c7cc8c9ccc%10ccccc%10c9n(-c9ccccc9)c8cc76)ccc5c4)n3)c2)cc1. The summed E-state index contributed by atoms with van der Waals surface area (Å²) in [4.78, 5) is 15.2. The van der Waals surface area contributed by atoms with Gasteiger partial charge in [-0.15, -0.1) is 0 Å². The molecule has 3 aromatic heterocycles. The molecule has 0 unspecified atom stereocenters. The zero-order valence-corrected chi connectivity index (χ0v) is 34.6. The third-order valence-electron chi connectivity index (χ3n) is 12.7. The van der Waals surface area contributed by atoms with Gasteiger partial charge in [0.15, 0.2) is 17.5 Å². The maximum Gasteiger partial charge on any atom is 0.164 e. The Kier molecular flexibility index (Phi) is 8.15. The molecule has 5 nitrogen and oxygen atoms in total. The molecule has 5 heteroatoms. The number of para-hydroxylation sites is 2. The maximum absolute atomic E-state index is 5.13. The number of benzene rings is 10. The van der Waals surface area contributed by atoms with Crippen LogP contribution in [0.15, 0.2) is 224 Å². The highest BCUT2D eigenvalue weighted by atomic mass is 15.0. The molecule has 0 fully saturated rings. The van der Waals surface area contributed by atoms with Crippen molar-refractivity contribution >= 4 is 65.2 Å². The van der Waals surface area contributed by atoms with Crippen LogP contribution in [0.5, 0.6) is 0 Å². The van der Waals surface area contributed by atoms with Gasteiger partial charge in [0, 0.05) is 55.0 Å². The fraction of sp³-hybridized carbons (Fsp3) is 0. The molecule has 64 heavy (non-hydrogen) atoms. The molecule has 10 aromatic carbocycles. The average Bonchev–Trinajstić information content (AvgIpc) is 3.88. The first-order valence-corrected chi connectivity index (χ1v) is 21.7. The summed E-state index contributed by atoms with van der Waals surface area (Å²) in [6.07, 6.45) is 0. The van der Waals surface area contributed by atoms with Crippen LogP contribution in [0.2, 0.25) is 0 Å². The second kappa shape index (κ2) is 14.5. The molecule has 0 amide bonds. The number of fused-ring (bicyclic) bond motifs is 9. The van der Waals surface area contributed by atoms with Crippen molar-refractivity contribution in [1.29, 1.82) is 0 Å². The molecule has 0 aliphatic carbocycles. The molecule has 0 saturated heterocycles. The van der Waals surface area contributed by atoms with Crippen LogP contribution in [-0.4, -0.2) is 24.1 Å². The fourth-order valence-corrected chi connectivity index (χ4v) is 9.69. The van der Waals surface area contributed by atoms with E-state index in [0.717, 1.165) is 55.5 Å². The first kappa shape index (κ1) is 36.0. The predicted octanol–water partition coefficient (Wildman–Crippen LogP) is 15.0. The van der Waals surface area contributed by atoms with Gasteiger partial charge in [-0.05, 0) is 81.9 Å². The van der Waals surface area contributed by atoms with E-state index < -0.39 is 0 Å². The molecule has 0 N–H and O–H groups in total. The third-order valence-corrected chi connectivity index (χ3v) is 12.7. The monoisotopic (exact) mass is 815 g/mol. The lowest BCUT2D eigenvalue weighted by Gasteiger charge is -2.12. The summed E-state index contributed by atoms with van der Waals surface area (Å²) in [6, 6.07) is 79.9. The molecule has 0 atom stereocenters. The summed E-state index contributed by atoms with van der Waals surface area (Å²) < 4.78 is 4.88. The van der Waals surface area contributed by atoms with Gasteiger partial charge < -0.3 is 9.13 Å². The van der Waals surface area contributed by atoms with Gasteiger partial charge in [0.2, 0.25) is 0 Å². The van der Waals surface area contributed by atoms with E-state index >= 15 is 0 Å². The summed E-state index contributed by atoms with van der Waals surface area (Å²) in [6.45, 7) is 0. The predicted molar refractivity (Wildman–Crippen MR) is 265 cm³/mol. The van der Waals surface area contributed by atoms with Gasteiger partial charge in [0.25, 0.3) is 0 Å². The van der Waals surface area contributed by atoms with Crippen molar-refractivity contribution in [1.82, 2.24) is 24.1 Å². The highest BCUT2D eigenvalue weighted by molar-refractivity contribution is 6.23. The van der Waals surface area contributed by atoms with Crippen molar-refractivity contribution in [2.24, 2.45) is 0 Å². The second-order valence-electron chi connectivity index (χ2n) is 16.5. The molecule has 298 valence electrons. The van der Waals surface area contributed by atoms with Gasteiger partial charge in [0.05, 0.1) is 22.1 Å². The Balaban J connectivity index is 0.970. The molecule has 3 heterocycles. The van der Waals surface area contributed by atoms with Crippen LogP contribution in [0.25, 0.3) is 122 Å². The standard InChI is InChI=1S/C59H37N5/c1-4-15-38(16-5-1)41-20-14-21-44(33-41)58-60-57(40-18-6-2-7-19-40)61-59(62-58)45-28-27-43-35-47(31-29-42(43)34-45)63-53-26-13-12-25-49(53)51-36-52-50-32-30-39-17-10-11-24-48(39)56(50)64(55(52)37-54(51)63)46-22-8-3-9-23-46/h1-37H. The summed E-state index contributed by atoms with van der Waals surface area (Å²) in [5.74, 6) is 1.91. The lowest BCUT2D eigenvalue weighted by molar-refractivity contribution is 1.07. The van der Waals surface area contributed by atoms with Crippen LogP contribution < -0.4 is 0 Å². The van der Waals surface area contributed by atoms with E-state index in [9.17, 15) is 0 Å².